The Morgan fingerprint density at radius 3 is 1.90 bits per heavy atom. The zero-order valence-electron chi connectivity index (χ0n) is 19.5. The minimum Gasteiger partial charge on any atom is -0.488 e. The summed E-state index contributed by atoms with van der Waals surface area (Å²) in [5.74, 6) is 1.08. The molecule has 162 valence electrons. The zero-order valence-corrected chi connectivity index (χ0v) is 19.5. The summed E-state index contributed by atoms with van der Waals surface area (Å²) in [5, 5.41) is 0. The van der Waals surface area contributed by atoms with E-state index < -0.39 is 0 Å². The van der Waals surface area contributed by atoms with Gasteiger partial charge in [0.1, 0.15) is 12.4 Å². The molecule has 0 spiro atoms. The molecule has 3 nitrogen and oxygen atoms in total. The molecule has 2 aromatic carbocycles. The Bertz CT molecular complexity index is 831. The number of ether oxygens (including phenoxy) is 1. The number of carbonyl (C=O) groups excluding carboxylic acids is 1. The minimum absolute atomic E-state index is 0.135. The van der Waals surface area contributed by atoms with Gasteiger partial charge >= 0.3 is 0 Å². The number of likely N-dealkylation sites (tertiary alicyclic amines) is 1. The first kappa shape index (κ1) is 22.4. The second-order valence-corrected chi connectivity index (χ2v) is 10.5. The van der Waals surface area contributed by atoms with Crippen molar-refractivity contribution in [2.24, 2.45) is 0 Å². The van der Waals surface area contributed by atoms with Gasteiger partial charge in [-0.1, -0.05) is 71.9 Å². The maximum Gasteiger partial charge on any atom is 0.253 e. The molecule has 2 aromatic rings. The minimum atomic E-state index is -0.135. The lowest BCUT2D eigenvalue weighted by atomic mass is 9.78. The first-order chi connectivity index (χ1) is 14.1. The van der Waals surface area contributed by atoms with Gasteiger partial charge in [-0.25, -0.2) is 0 Å². The number of hydrogen-bond donors (Lipinski definition) is 0. The van der Waals surface area contributed by atoms with Crippen LogP contribution in [0.25, 0.3) is 0 Å². The molecular formula is C27H37NO2. The number of amides is 1. The molecule has 0 unspecified atom stereocenters. The van der Waals surface area contributed by atoms with Crippen molar-refractivity contribution in [3.8, 4) is 5.75 Å². The summed E-state index contributed by atoms with van der Waals surface area (Å²) in [6.07, 6.45) is 3.42. The Morgan fingerprint density at radius 2 is 1.40 bits per heavy atom. The summed E-state index contributed by atoms with van der Waals surface area (Å²) in [4.78, 5) is 15.3. The Kier molecular flexibility index (Phi) is 6.59. The molecule has 1 saturated heterocycles. The maximum absolute atomic E-state index is 13.3. The van der Waals surface area contributed by atoms with Crippen LogP contribution in [-0.2, 0) is 17.4 Å². The smallest absolute Gasteiger partial charge is 0.253 e. The highest BCUT2D eigenvalue weighted by Crippen LogP contribution is 2.41. The monoisotopic (exact) mass is 407 g/mol. The number of piperidine rings is 1. The molecule has 1 aliphatic heterocycles. The van der Waals surface area contributed by atoms with E-state index in [0.717, 1.165) is 53.9 Å². The van der Waals surface area contributed by atoms with Crippen LogP contribution >= 0.6 is 0 Å². The lowest BCUT2D eigenvalue weighted by Gasteiger charge is -2.32. The van der Waals surface area contributed by atoms with E-state index in [2.05, 4.69) is 65.8 Å². The average Bonchev–Trinajstić information content (AvgIpc) is 2.71. The Labute approximate surface area is 182 Å². The van der Waals surface area contributed by atoms with E-state index in [0.29, 0.717) is 6.61 Å². The number of hydrogen-bond acceptors (Lipinski definition) is 2. The van der Waals surface area contributed by atoms with Gasteiger partial charge in [0.15, 0.2) is 0 Å². The summed E-state index contributed by atoms with van der Waals surface area (Å²) in [6, 6.07) is 14.4. The summed E-state index contributed by atoms with van der Waals surface area (Å²) in [7, 11) is 0. The van der Waals surface area contributed by atoms with E-state index >= 15 is 0 Å². The van der Waals surface area contributed by atoms with Gasteiger partial charge in [0.25, 0.3) is 5.91 Å². The van der Waals surface area contributed by atoms with Gasteiger partial charge in [-0.2, -0.15) is 0 Å². The normalized spacial score (nSPS) is 15.2. The second-order valence-electron chi connectivity index (χ2n) is 10.5. The Hall–Kier alpha value is -2.29. The van der Waals surface area contributed by atoms with Crippen LogP contribution in [0, 0.1) is 0 Å². The van der Waals surface area contributed by atoms with Gasteiger partial charge in [-0.3, -0.25) is 4.79 Å². The summed E-state index contributed by atoms with van der Waals surface area (Å²) in [6.45, 7) is 15.4. The van der Waals surface area contributed by atoms with E-state index in [9.17, 15) is 4.79 Å². The number of nitrogens with zero attached hydrogens (tertiary/aromatic N) is 1. The SMILES string of the molecule is CC(C)(C)c1cc(C(=O)N2CCCCC2)cc(C(C)(C)C)c1OCc1ccccc1. The fourth-order valence-corrected chi connectivity index (χ4v) is 4.03. The third-order valence-corrected chi connectivity index (χ3v) is 5.82. The van der Waals surface area contributed by atoms with Gasteiger partial charge in [0.2, 0.25) is 0 Å². The molecule has 0 saturated carbocycles. The van der Waals surface area contributed by atoms with Crippen molar-refractivity contribution in [3.63, 3.8) is 0 Å². The molecule has 1 heterocycles. The molecule has 30 heavy (non-hydrogen) atoms. The van der Waals surface area contributed by atoms with E-state index in [1.54, 1.807) is 0 Å². The van der Waals surface area contributed by atoms with E-state index in [1.807, 2.05) is 23.1 Å². The van der Waals surface area contributed by atoms with Gasteiger partial charge in [-0.15, -0.1) is 0 Å². The van der Waals surface area contributed by atoms with Crippen LogP contribution in [0.3, 0.4) is 0 Å². The molecule has 0 bridgehead atoms. The molecule has 1 fully saturated rings. The predicted octanol–water partition coefficient (Wildman–Crippen LogP) is 6.49. The predicted molar refractivity (Wildman–Crippen MR) is 124 cm³/mol. The third kappa shape index (κ3) is 5.24. The van der Waals surface area contributed by atoms with Crippen LogP contribution in [-0.4, -0.2) is 23.9 Å². The lowest BCUT2D eigenvalue weighted by Crippen LogP contribution is -2.36. The van der Waals surface area contributed by atoms with Crippen LogP contribution in [0.15, 0.2) is 42.5 Å². The zero-order chi connectivity index (χ0) is 21.9. The van der Waals surface area contributed by atoms with Gasteiger partial charge in [0, 0.05) is 29.8 Å². The van der Waals surface area contributed by atoms with Crippen molar-refractivity contribution in [2.75, 3.05) is 13.1 Å². The molecule has 3 rings (SSSR count). The standard InChI is InChI=1S/C27H37NO2/c1-26(2,3)22-17-21(25(29)28-15-11-8-12-16-28)18-23(27(4,5)6)24(22)30-19-20-13-9-7-10-14-20/h7,9-10,13-14,17-18H,8,11-12,15-16,19H2,1-6H3. The molecule has 1 amide bonds. The first-order valence-electron chi connectivity index (χ1n) is 11.2. The third-order valence-electron chi connectivity index (χ3n) is 5.82. The average molecular weight is 408 g/mol. The summed E-state index contributed by atoms with van der Waals surface area (Å²) < 4.78 is 6.46. The molecule has 3 heteroatoms. The quantitative estimate of drug-likeness (QED) is 0.580. The second kappa shape index (κ2) is 8.83. The first-order valence-corrected chi connectivity index (χ1v) is 11.2. The van der Waals surface area contributed by atoms with Crippen LogP contribution < -0.4 is 4.74 Å². The lowest BCUT2D eigenvalue weighted by molar-refractivity contribution is 0.0724. The highest BCUT2D eigenvalue weighted by Gasteiger charge is 2.30. The highest BCUT2D eigenvalue weighted by atomic mass is 16.5. The number of rotatable bonds is 4. The molecule has 1 aliphatic rings. The van der Waals surface area contributed by atoms with Gasteiger partial charge in [-0.05, 0) is 47.8 Å². The van der Waals surface area contributed by atoms with Crippen LogP contribution in [0.4, 0.5) is 0 Å². The molecule has 0 radical (unpaired) electrons. The van der Waals surface area contributed by atoms with E-state index in [4.69, 9.17) is 4.74 Å². The van der Waals surface area contributed by atoms with Crippen LogP contribution in [0.2, 0.25) is 0 Å². The number of benzene rings is 2. The van der Waals surface area contributed by atoms with Crippen molar-refractivity contribution >= 4 is 5.91 Å². The molecule has 0 aliphatic carbocycles. The van der Waals surface area contributed by atoms with Crippen LogP contribution in [0.1, 0.15) is 87.9 Å². The van der Waals surface area contributed by atoms with E-state index in [-0.39, 0.29) is 16.7 Å². The number of carbonyl (C=O) groups is 1. The van der Waals surface area contributed by atoms with Crippen molar-refractivity contribution in [2.45, 2.75) is 78.2 Å². The molecule has 0 aromatic heterocycles. The van der Waals surface area contributed by atoms with Crippen molar-refractivity contribution < 1.29 is 9.53 Å². The summed E-state index contributed by atoms with van der Waals surface area (Å²) >= 11 is 0. The van der Waals surface area contributed by atoms with Crippen molar-refractivity contribution in [1.29, 1.82) is 0 Å². The van der Waals surface area contributed by atoms with E-state index in [1.165, 1.54) is 6.42 Å². The largest absolute Gasteiger partial charge is 0.488 e. The topological polar surface area (TPSA) is 29.5 Å². The van der Waals surface area contributed by atoms with Gasteiger partial charge in [0.05, 0.1) is 0 Å². The highest BCUT2D eigenvalue weighted by molar-refractivity contribution is 5.95. The van der Waals surface area contributed by atoms with Crippen LogP contribution in [0.5, 0.6) is 5.75 Å². The fourth-order valence-electron chi connectivity index (χ4n) is 4.03. The van der Waals surface area contributed by atoms with Crippen molar-refractivity contribution in [3.05, 3.63) is 64.7 Å². The fraction of sp³-hybridized carbons (Fsp3) is 0.519. The summed E-state index contributed by atoms with van der Waals surface area (Å²) in [5.41, 5.74) is 3.87. The molecule has 0 atom stereocenters. The van der Waals surface area contributed by atoms with Gasteiger partial charge < -0.3 is 9.64 Å². The Morgan fingerprint density at radius 1 is 0.867 bits per heavy atom. The maximum atomic E-state index is 13.3. The molecular weight excluding hydrogens is 370 g/mol. The molecule has 0 N–H and O–H groups in total. The Balaban J connectivity index is 2.06. The van der Waals surface area contributed by atoms with Crippen molar-refractivity contribution in [1.82, 2.24) is 4.90 Å².